The fourth-order valence-corrected chi connectivity index (χ4v) is 3.13. The van der Waals surface area contributed by atoms with Gasteiger partial charge in [-0.15, -0.1) is 0 Å². The van der Waals surface area contributed by atoms with Gasteiger partial charge in [-0.25, -0.2) is 0 Å². The molecule has 0 unspecified atom stereocenters. The Labute approximate surface area is 147 Å². The van der Waals surface area contributed by atoms with Gasteiger partial charge in [0, 0.05) is 13.1 Å². The van der Waals surface area contributed by atoms with Gasteiger partial charge in [-0.2, -0.15) is 0 Å². The molecule has 3 heteroatoms. The van der Waals surface area contributed by atoms with Crippen LogP contribution in [0.25, 0.3) is 27.6 Å². The fourth-order valence-electron chi connectivity index (χ4n) is 3.13. The van der Waals surface area contributed by atoms with Gasteiger partial charge in [0.1, 0.15) is 0 Å². The second-order valence-corrected chi connectivity index (χ2v) is 5.91. The number of carbonyl (C=O) groups excluding carboxylic acids is 2. The number of likely N-dealkylation sites (N-methyl/N-ethyl adjacent to an activating group) is 1. The Kier molecular flexibility index (Phi) is 4.94. The number of rotatable bonds is 5. The summed E-state index contributed by atoms with van der Waals surface area (Å²) in [5.74, 6) is -0.938. The van der Waals surface area contributed by atoms with Gasteiger partial charge in [0.15, 0.2) is 0 Å². The van der Waals surface area contributed by atoms with Crippen LogP contribution in [0.5, 0.6) is 0 Å². The first-order valence-electron chi connectivity index (χ1n) is 8.57. The van der Waals surface area contributed by atoms with Crippen LogP contribution in [0.3, 0.4) is 0 Å². The van der Waals surface area contributed by atoms with E-state index in [1.165, 1.54) is 11.0 Å². The normalized spacial score (nSPS) is 11.3. The summed E-state index contributed by atoms with van der Waals surface area (Å²) in [6.45, 7) is 4.81. The molecule has 0 fully saturated rings. The van der Waals surface area contributed by atoms with Crippen molar-refractivity contribution in [3.05, 3.63) is 66.2 Å². The quantitative estimate of drug-likeness (QED) is 0.394. The Balaban J connectivity index is 2.07. The maximum atomic E-state index is 12.3. The van der Waals surface area contributed by atoms with Crippen LogP contribution in [0.1, 0.15) is 19.4 Å². The van der Waals surface area contributed by atoms with E-state index in [1.807, 2.05) is 50.2 Å². The van der Waals surface area contributed by atoms with Crippen molar-refractivity contribution in [2.24, 2.45) is 0 Å². The molecule has 126 valence electrons. The summed E-state index contributed by atoms with van der Waals surface area (Å²) in [6.07, 6.45) is 3.17. The second-order valence-electron chi connectivity index (χ2n) is 5.91. The summed E-state index contributed by atoms with van der Waals surface area (Å²) in [5, 5.41) is 4.37. The van der Waals surface area contributed by atoms with E-state index in [1.54, 1.807) is 6.08 Å². The van der Waals surface area contributed by atoms with Crippen molar-refractivity contribution in [3.63, 3.8) is 0 Å². The van der Waals surface area contributed by atoms with Crippen LogP contribution in [-0.4, -0.2) is 29.7 Å². The average Bonchev–Trinajstić information content (AvgIpc) is 2.65. The van der Waals surface area contributed by atoms with Crippen LogP contribution in [-0.2, 0) is 9.59 Å². The minimum atomic E-state index is -0.485. The molecule has 0 saturated carbocycles. The van der Waals surface area contributed by atoms with Crippen LogP contribution >= 0.6 is 0 Å². The van der Waals surface area contributed by atoms with E-state index in [2.05, 4.69) is 18.2 Å². The molecule has 3 nitrogen and oxygen atoms in total. The van der Waals surface area contributed by atoms with Gasteiger partial charge in [0.05, 0.1) is 0 Å². The molecule has 0 N–H and O–H groups in total. The average molecular weight is 331 g/mol. The van der Waals surface area contributed by atoms with Crippen molar-refractivity contribution >= 4 is 39.3 Å². The third kappa shape index (κ3) is 3.31. The lowest BCUT2D eigenvalue weighted by atomic mass is 9.96. The standard InChI is InChI=1S/C22H21NO2/c1-3-23(4-2)22(25)21(24)14-13-20-18-11-7-5-9-16(18)15-17-10-6-8-12-19(17)20/h5-15H,3-4H2,1-2H3/b14-13+. The van der Waals surface area contributed by atoms with Crippen molar-refractivity contribution < 1.29 is 9.59 Å². The highest BCUT2D eigenvalue weighted by molar-refractivity contribution is 6.41. The number of benzene rings is 3. The number of fused-ring (bicyclic) bond motifs is 2. The van der Waals surface area contributed by atoms with Gasteiger partial charge >= 0.3 is 0 Å². The molecule has 25 heavy (non-hydrogen) atoms. The van der Waals surface area contributed by atoms with Crippen LogP contribution in [0.2, 0.25) is 0 Å². The number of hydrogen-bond donors (Lipinski definition) is 0. The molecule has 0 bridgehead atoms. The Bertz CT molecular complexity index is 914. The monoisotopic (exact) mass is 331 g/mol. The molecule has 0 radical (unpaired) electrons. The van der Waals surface area contributed by atoms with Gasteiger partial charge in [-0.05, 0) is 59.2 Å². The molecular weight excluding hydrogens is 310 g/mol. The van der Waals surface area contributed by atoms with Crippen LogP contribution < -0.4 is 0 Å². The summed E-state index contributed by atoms with van der Waals surface area (Å²) < 4.78 is 0. The Morgan fingerprint density at radius 3 is 1.92 bits per heavy atom. The molecule has 0 aliphatic heterocycles. The third-order valence-electron chi connectivity index (χ3n) is 4.48. The van der Waals surface area contributed by atoms with Crippen LogP contribution in [0.4, 0.5) is 0 Å². The van der Waals surface area contributed by atoms with E-state index < -0.39 is 11.7 Å². The zero-order valence-electron chi connectivity index (χ0n) is 14.5. The van der Waals surface area contributed by atoms with Gasteiger partial charge < -0.3 is 4.90 Å². The van der Waals surface area contributed by atoms with E-state index >= 15 is 0 Å². The number of carbonyl (C=O) groups is 2. The minimum Gasteiger partial charge on any atom is -0.336 e. The molecule has 0 spiro atoms. The van der Waals surface area contributed by atoms with Gasteiger partial charge in [-0.3, -0.25) is 9.59 Å². The lowest BCUT2D eigenvalue weighted by molar-refractivity contribution is -0.141. The van der Waals surface area contributed by atoms with Gasteiger partial charge in [-0.1, -0.05) is 48.5 Å². The van der Waals surface area contributed by atoms with E-state index in [-0.39, 0.29) is 0 Å². The largest absolute Gasteiger partial charge is 0.336 e. The predicted molar refractivity (Wildman–Crippen MR) is 103 cm³/mol. The number of hydrogen-bond acceptors (Lipinski definition) is 2. The summed E-state index contributed by atoms with van der Waals surface area (Å²) in [6, 6.07) is 18.3. The second kappa shape index (κ2) is 7.31. The number of amides is 1. The molecule has 3 aromatic rings. The number of nitrogens with zero attached hydrogens (tertiary/aromatic N) is 1. The smallest absolute Gasteiger partial charge is 0.294 e. The number of ketones is 1. The third-order valence-corrected chi connectivity index (χ3v) is 4.48. The maximum absolute atomic E-state index is 12.3. The van der Waals surface area contributed by atoms with E-state index in [0.29, 0.717) is 13.1 Å². The Morgan fingerprint density at radius 2 is 1.40 bits per heavy atom. The molecule has 0 saturated heterocycles. The van der Waals surface area contributed by atoms with Gasteiger partial charge in [0.25, 0.3) is 5.91 Å². The molecular formula is C22H21NO2. The van der Waals surface area contributed by atoms with Crippen molar-refractivity contribution in [3.8, 4) is 0 Å². The van der Waals surface area contributed by atoms with E-state index in [0.717, 1.165) is 27.1 Å². The van der Waals surface area contributed by atoms with Crippen LogP contribution in [0.15, 0.2) is 60.7 Å². The highest BCUT2D eigenvalue weighted by Crippen LogP contribution is 2.29. The van der Waals surface area contributed by atoms with Gasteiger partial charge in [0.2, 0.25) is 5.78 Å². The molecule has 0 aliphatic carbocycles. The molecule has 0 aliphatic rings. The van der Waals surface area contributed by atoms with Crippen molar-refractivity contribution in [2.45, 2.75) is 13.8 Å². The summed E-state index contributed by atoms with van der Waals surface area (Å²) in [4.78, 5) is 26.0. The molecule has 0 atom stereocenters. The molecule has 3 aromatic carbocycles. The molecule has 0 heterocycles. The molecule has 3 rings (SSSR count). The summed E-state index contributed by atoms with van der Waals surface area (Å²) in [7, 11) is 0. The summed E-state index contributed by atoms with van der Waals surface area (Å²) in [5.41, 5.74) is 0.967. The highest BCUT2D eigenvalue weighted by Gasteiger charge is 2.16. The zero-order chi connectivity index (χ0) is 17.8. The van der Waals surface area contributed by atoms with Crippen molar-refractivity contribution in [1.29, 1.82) is 0 Å². The lowest BCUT2D eigenvalue weighted by Crippen LogP contribution is -2.35. The first-order chi connectivity index (χ1) is 12.2. The van der Waals surface area contributed by atoms with Crippen molar-refractivity contribution in [2.75, 3.05) is 13.1 Å². The van der Waals surface area contributed by atoms with Crippen molar-refractivity contribution in [1.82, 2.24) is 4.90 Å². The first kappa shape index (κ1) is 16.9. The zero-order valence-corrected chi connectivity index (χ0v) is 14.5. The van der Waals surface area contributed by atoms with E-state index in [4.69, 9.17) is 0 Å². The highest BCUT2D eigenvalue weighted by atomic mass is 16.2. The fraction of sp³-hybridized carbons (Fsp3) is 0.182. The first-order valence-corrected chi connectivity index (χ1v) is 8.57. The maximum Gasteiger partial charge on any atom is 0.294 e. The van der Waals surface area contributed by atoms with Crippen LogP contribution in [0, 0.1) is 0 Å². The lowest BCUT2D eigenvalue weighted by Gasteiger charge is -2.16. The Morgan fingerprint density at radius 1 is 0.880 bits per heavy atom. The Hall–Kier alpha value is -2.94. The molecule has 0 aromatic heterocycles. The SMILES string of the molecule is CCN(CC)C(=O)C(=O)/C=C/c1c2ccccc2cc2ccccc12. The predicted octanol–water partition coefficient (Wildman–Crippen LogP) is 4.44. The summed E-state index contributed by atoms with van der Waals surface area (Å²) >= 11 is 0. The topological polar surface area (TPSA) is 37.4 Å². The minimum absolute atomic E-state index is 0.453. The van der Waals surface area contributed by atoms with E-state index in [9.17, 15) is 9.59 Å². The molecule has 1 amide bonds.